The third-order valence-electron chi connectivity index (χ3n) is 5.87. The molecular formula is C26H23N3O4S. The molecule has 34 heavy (non-hydrogen) atoms. The number of methoxy groups -OCH3 is 2. The molecule has 2 aromatic carbocycles. The molecule has 8 heteroatoms. The zero-order valence-corrected chi connectivity index (χ0v) is 19.5. The predicted octanol–water partition coefficient (Wildman–Crippen LogP) is 5.22. The molecule has 3 heterocycles. The first kappa shape index (κ1) is 21.8. The number of ketones is 1. The molecule has 7 nitrogen and oxygen atoms in total. The summed E-state index contributed by atoms with van der Waals surface area (Å²) in [5, 5.41) is 9.33. The number of nitrogens with zero attached hydrogens (tertiary/aromatic N) is 1. The molecule has 5 rings (SSSR count). The van der Waals surface area contributed by atoms with Gasteiger partial charge in [-0.15, -0.1) is 11.3 Å². The summed E-state index contributed by atoms with van der Waals surface area (Å²) >= 11 is 1.60. The summed E-state index contributed by atoms with van der Waals surface area (Å²) in [6, 6.07) is 17.5. The lowest BCUT2D eigenvalue weighted by Gasteiger charge is -2.17. The third kappa shape index (κ3) is 4.04. The Kier molecular flexibility index (Phi) is 5.81. The number of fused-ring (bicyclic) bond motifs is 2. The van der Waals surface area contributed by atoms with Gasteiger partial charge in [0.25, 0.3) is 5.91 Å². The molecule has 0 radical (unpaired) electrons. The first-order valence-electron chi connectivity index (χ1n) is 10.7. The number of carbonyl (C=O) groups excluding carboxylic acids is 2. The lowest BCUT2D eigenvalue weighted by molar-refractivity contribution is 0.0966. The van der Waals surface area contributed by atoms with Crippen molar-refractivity contribution in [3.63, 3.8) is 0 Å². The van der Waals surface area contributed by atoms with E-state index in [2.05, 4.69) is 21.3 Å². The molecule has 0 aliphatic carbocycles. The summed E-state index contributed by atoms with van der Waals surface area (Å²) in [4.78, 5) is 26.2. The van der Waals surface area contributed by atoms with Crippen molar-refractivity contribution in [3.05, 3.63) is 94.6 Å². The van der Waals surface area contributed by atoms with Crippen molar-refractivity contribution in [1.29, 1.82) is 0 Å². The maximum absolute atomic E-state index is 13.5. The fourth-order valence-corrected chi connectivity index (χ4v) is 4.92. The van der Waals surface area contributed by atoms with Gasteiger partial charge in [0.1, 0.15) is 17.5 Å². The Morgan fingerprint density at radius 2 is 1.88 bits per heavy atom. The van der Waals surface area contributed by atoms with Crippen molar-refractivity contribution in [2.75, 3.05) is 24.9 Å². The molecule has 0 spiro atoms. The van der Waals surface area contributed by atoms with E-state index in [0.717, 1.165) is 17.2 Å². The smallest absolute Gasteiger partial charge is 0.259 e. The minimum Gasteiger partial charge on any atom is -0.497 e. The Balaban J connectivity index is 1.35. The topological polar surface area (TPSA) is 81.6 Å². The number of benzene rings is 2. The molecule has 1 aliphatic heterocycles. The van der Waals surface area contributed by atoms with Crippen molar-refractivity contribution in [1.82, 2.24) is 4.57 Å². The van der Waals surface area contributed by atoms with Gasteiger partial charge in [0.15, 0.2) is 5.78 Å². The number of nitrogens with one attached hydrogen (secondary N) is 2. The average molecular weight is 474 g/mol. The van der Waals surface area contributed by atoms with E-state index >= 15 is 0 Å². The standard InChI is InChI=1S/C26H23N3O4S/c1-32-19-9-10-20(22(14-19)33-2)25(31)27-18-7-5-16(6-8-18)24(30)23-21-4-3-12-29(21)15-17-11-13-34-26(17)28-23/h3-14,23,28H,15H2,1-2H3,(H,27,31). The Bertz CT molecular complexity index is 1360. The van der Waals surface area contributed by atoms with Crippen LogP contribution in [0.5, 0.6) is 11.5 Å². The van der Waals surface area contributed by atoms with Crippen LogP contribution in [0.3, 0.4) is 0 Å². The first-order chi connectivity index (χ1) is 16.6. The van der Waals surface area contributed by atoms with Gasteiger partial charge < -0.3 is 24.7 Å². The van der Waals surface area contributed by atoms with E-state index in [1.165, 1.54) is 12.7 Å². The monoisotopic (exact) mass is 473 g/mol. The highest BCUT2D eigenvalue weighted by Gasteiger charge is 2.28. The lowest BCUT2D eigenvalue weighted by atomic mass is 10.0. The van der Waals surface area contributed by atoms with Crippen LogP contribution in [0.15, 0.2) is 72.2 Å². The van der Waals surface area contributed by atoms with Crippen LogP contribution in [0.2, 0.25) is 0 Å². The summed E-state index contributed by atoms with van der Waals surface area (Å²) in [5.74, 6) is 0.672. The lowest BCUT2D eigenvalue weighted by Crippen LogP contribution is -2.22. The van der Waals surface area contributed by atoms with Crippen LogP contribution in [-0.2, 0) is 6.54 Å². The van der Waals surface area contributed by atoms with E-state index in [0.29, 0.717) is 28.3 Å². The molecule has 0 saturated heterocycles. The largest absolute Gasteiger partial charge is 0.497 e. The van der Waals surface area contributed by atoms with Crippen molar-refractivity contribution < 1.29 is 19.1 Å². The number of thiophene rings is 1. The highest BCUT2D eigenvalue weighted by molar-refractivity contribution is 7.14. The third-order valence-corrected chi connectivity index (χ3v) is 6.75. The van der Waals surface area contributed by atoms with Crippen LogP contribution in [0.25, 0.3) is 0 Å². The van der Waals surface area contributed by atoms with Gasteiger partial charge in [-0.2, -0.15) is 0 Å². The number of amides is 1. The van der Waals surface area contributed by atoms with Crippen molar-refractivity contribution >= 4 is 33.7 Å². The van der Waals surface area contributed by atoms with Gasteiger partial charge in [0.05, 0.1) is 31.3 Å². The van der Waals surface area contributed by atoms with Gasteiger partial charge in [0, 0.05) is 34.8 Å². The fourth-order valence-electron chi connectivity index (χ4n) is 4.08. The van der Waals surface area contributed by atoms with Crippen molar-refractivity contribution in [3.8, 4) is 11.5 Å². The molecule has 0 saturated carbocycles. The SMILES string of the molecule is COc1ccc(C(=O)Nc2ccc(C(=O)C3Nc4sccc4Cn4cccc43)cc2)c(OC)c1. The van der Waals surface area contributed by atoms with Gasteiger partial charge in [0.2, 0.25) is 0 Å². The Hall–Kier alpha value is -4.04. The van der Waals surface area contributed by atoms with E-state index in [1.54, 1.807) is 60.9 Å². The highest BCUT2D eigenvalue weighted by Crippen LogP contribution is 2.34. The molecule has 1 amide bonds. The van der Waals surface area contributed by atoms with Crippen LogP contribution in [0.4, 0.5) is 10.7 Å². The van der Waals surface area contributed by atoms with E-state index in [1.807, 2.05) is 23.7 Å². The molecular weight excluding hydrogens is 450 g/mol. The Labute approximate surface area is 200 Å². The van der Waals surface area contributed by atoms with Gasteiger partial charge in [-0.1, -0.05) is 0 Å². The summed E-state index contributed by atoms with van der Waals surface area (Å²) in [6.45, 7) is 0.734. The molecule has 0 bridgehead atoms. The number of Topliss-reactive ketones (excluding diaryl/α,β-unsaturated/α-hetero) is 1. The minimum absolute atomic E-state index is 0.0316. The van der Waals surface area contributed by atoms with Crippen LogP contribution in [0, 0.1) is 0 Å². The second-order valence-corrected chi connectivity index (χ2v) is 8.79. The van der Waals surface area contributed by atoms with Crippen LogP contribution in [0.1, 0.15) is 38.0 Å². The van der Waals surface area contributed by atoms with Gasteiger partial charge in [-0.05, 0) is 60.0 Å². The molecule has 1 atom stereocenters. The van der Waals surface area contributed by atoms with Crippen LogP contribution < -0.4 is 20.1 Å². The predicted molar refractivity (Wildman–Crippen MR) is 132 cm³/mol. The first-order valence-corrected chi connectivity index (χ1v) is 11.6. The van der Waals surface area contributed by atoms with Crippen molar-refractivity contribution in [2.45, 2.75) is 12.6 Å². The number of aromatic nitrogens is 1. The Morgan fingerprint density at radius 1 is 1.06 bits per heavy atom. The van der Waals surface area contributed by atoms with Crippen molar-refractivity contribution in [2.24, 2.45) is 0 Å². The molecule has 2 N–H and O–H groups in total. The van der Waals surface area contributed by atoms with Crippen LogP contribution in [-0.4, -0.2) is 30.5 Å². The maximum atomic E-state index is 13.5. The van der Waals surface area contributed by atoms with Crippen LogP contribution >= 0.6 is 11.3 Å². The number of ether oxygens (including phenoxy) is 2. The fraction of sp³-hybridized carbons (Fsp3) is 0.154. The molecule has 4 aromatic rings. The highest BCUT2D eigenvalue weighted by atomic mass is 32.1. The number of hydrogen-bond acceptors (Lipinski definition) is 6. The van der Waals surface area contributed by atoms with E-state index < -0.39 is 6.04 Å². The molecule has 172 valence electrons. The molecule has 1 unspecified atom stereocenters. The quantitative estimate of drug-likeness (QED) is 0.376. The van der Waals surface area contributed by atoms with E-state index in [-0.39, 0.29) is 11.7 Å². The number of rotatable bonds is 6. The normalized spacial score (nSPS) is 14.2. The molecule has 0 fully saturated rings. The second kappa shape index (κ2) is 9.07. The maximum Gasteiger partial charge on any atom is 0.259 e. The number of hydrogen-bond donors (Lipinski definition) is 2. The zero-order chi connectivity index (χ0) is 23.7. The van der Waals surface area contributed by atoms with Gasteiger partial charge in [-0.3, -0.25) is 9.59 Å². The van der Waals surface area contributed by atoms with Gasteiger partial charge in [-0.25, -0.2) is 0 Å². The van der Waals surface area contributed by atoms with E-state index in [4.69, 9.17) is 9.47 Å². The second-order valence-electron chi connectivity index (χ2n) is 7.88. The summed E-state index contributed by atoms with van der Waals surface area (Å²) in [7, 11) is 3.06. The molecule has 2 aromatic heterocycles. The summed E-state index contributed by atoms with van der Waals surface area (Å²) in [6.07, 6.45) is 2.00. The number of anilines is 2. The molecule has 1 aliphatic rings. The summed E-state index contributed by atoms with van der Waals surface area (Å²) < 4.78 is 12.6. The average Bonchev–Trinajstić information content (AvgIpc) is 3.49. The number of carbonyl (C=O) groups is 2. The van der Waals surface area contributed by atoms with E-state index in [9.17, 15) is 9.59 Å². The minimum atomic E-state index is -0.487. The van der Waals surface area contributed by atoms with Gasteiger partial charge >= 0.3 is 0 Å². The zero-order valence-electron chi connectivity index (χ0n) is 18.7. The Morgan fingerprint density at radius 3 is 2.65 bits per heavy atom. The summed E-state index contributed by atoms with van der Waals surface area (Å²) in [5.41, 5.74) is 3.63.